The van der Waals surface area contributed by atoms with E-state index in [2.05, 4.69) is 18.8 Å². The molecule has 0 amide bonds. The second kappa shape index (κ2) is 4.21. The molecule has 0 aliphatic heterocycles. The fourth-order valence-electron chi connectivity index (χ4n) is 2.15. The number of hydrogen-bond donors (Lipinski definition) is 1. The highest BCUT2D eigenvalue weighted by molar-refractivity contribution is 7.19. The molecule has 0 spiro atoms. The van der Waals surface area contributed by atoms with Crippen molar-refractivity contribution in [2.75, 3.05) is 0 Å². The van der Waals surface area contributed by atoms with Crippen molar-refractivity contribution in [3.8, 4) is 0 Å². The second-order valence-corrected chi connectivity index (χ2v) is 5.99. The number of fused-ring (bicyclic) bond motifs is 3. The number of pyridine rings is 1. The van der Waals surface area contributed by atoms with Crippen LogP contribution < -0.4 is 4.73 Å². The molecule has 3 rings (SSSR count). The standard InChI is InChI=1S/C14H15N2OS/c1-9(2)7-13-15-11-8-16(17)12-6-4-3-5-10(12)14(11)18-13/h3-6,8-9,17H,7H2,1-2H3/q+1. The molecule has 0 aliphatic rings. The van der Waals surface area contributed by atoms with Crippen molar-refractivity contribution >= 4 is 32.5 Å². The van der Waals surface area contributed by atoms with Crippen molar-refractivity contribution in [1.29, 1.82) is 0 Å². The summed E-state index contributed by atoms with van der Waals surface area (Å²) in [5, 5.41) is 12.1. The summed E-state index contributed by atoms with van der Waals surface area (Å²) in [7, 11) is 0. The zero-order chi connectivity index (χ0) is 12.7. The summed E-state index contributed by atoms with van der Waals surface area (Å²) in [5.41, 5.74) is 1.70. The van der Waals surface area contributed by atoms with Gasteiger partial charge in [0.1, 0.15) is 0 Å². The van der Waals surface area contributed by atoms with Gasteiger partial charge in [0.05, 0.1) is 15.1 Å². The third kappa shape index (κ3) is 1.82. The Bertz CT molecular complexity index is 718. The van der Waals surface area contributed by atoms with E-state index in [1.807, 2.05) is 24.3 Å². The quantitative estimate of drug-likeness (QED) is 0.567. The minimum absolute atomic E-state index is 0.595. The zero-order valence-corrected chi connectivity index (χ0v) is 11.2. The Kier molecular flexibility index (Phi) is 2.67. The summed E-state index contributed by atoms with van der Waals surface area (Å²) in [6.45, 7) is 4.38. The summed E-state index contributed by atoms with van der Waals surface area (Å²) in [6, 6.07) is 7.86. The van der Waals surface area contributed by atoms with E-state index in [-0.39, 0.29) is 0 Å². The first-order valence-electron chi connectivity index (χ1n) is 6.07. The highest BCUT2D eigenvalue weighted by atomic mass is 32.1. The smallest absolute Gasteiger partial charge is 0.266 e. The molecule has 92 valence electrons. The van der Waals surface area contributed by atoms with E-state index in [1.54, 1.807) is 17.5 Å². The van der Waals surface area contributed by atoms with Crippen molar-refractivity contribution in [3.05, 3.63) is 35.5 Å². The summed E-state index contributed by atoms with van der Waals surface area (Å²) in [5.74, 6) is 0.595. The Morgan fingerprint density at radius 3 is 2.89 bits per heavy atom. The molecule has 0 saturated heterocycles. The van der Waals surface area contributed by atoms with E-state index in [9.17, 15) is 5.21 Å². The highest BCUT2D eigenvalue weighted by Gasteiger charge is 2.16. The molecule has 0 radical (unpaired) electrons. The molecule has 1 aromatic carbocycles. The van der Waals surface area contributed by atoms with Crippen LogP contribution in [-0.2, 0) is 6.42 Å². The second-order valence-electron chi connectivity index (χ2n) is 4.91. The molecular weight excluding hydrogens is 244 g/mol. The van der Waals surface area contributed by atoms with Crippen molar-refractivity contribution in [2.45, 2.75) is 20.3 Å². The molecule has 0 aliphatic carbocycles. The maximum atomic E-state index is 9.94. The number of thiazole rings is 1. The summed E-state index contributed by atoms with van der Waals surface area (Å²) < 4.78 is 2.32. The maximum absolute atomic E-state index is 9.94. The SMILES string of the molecule is CC(C)Cc1nc2c[n+](O)c3ccccc3c2s1. The van der Waals surface area contributed by atoms with Crippen LogP contribution in [-0.4, -0.2) is 10.2 Å². The van der Waals surface area contributed by atoms with Crippen LogP contribution in [0.3, 0.4) is 0 Å². The number of aromatic nitrogens is 2. The zero-order valence-electron chi connectivity index (χ0n) is 10.4. The van der Waals surface area contributed by atoms with Gasteiger partial charge in [-0.25, -0.2) is 4.98 Å². The highest BCUT2D eigenvalue weighted by Crippen LogP contribution is 2.29. The van der Waals surface area contributed by atoms with Crippen molar-refractivity contribution in [2.24, 2.45) is 5.92 Å². The predicted octanol–water partition coefficient (Wildman–Crippen LogP) is 3.17. The lowest BCUT2D eigenvalue weighted by Gasteiger charge is -1.97. The van der Waals surface area contributed by atoms with Gasteiger partial charge in [-0.15, -0.1) is 11.3 Å². The topological polar surface area (TPSA) is 37.0 Å². The molecule has 1 N–H and O–H groups in total. The van der Waals surface area contributed by atoms with Crippen LogP contribution in [0, 0.1) is 5.92 Å². The first-order chi connectivity index (χ1) is 8.65. The van der Waals surface area contributed by atoms with E-state index in [0.29, 0.717) is 5.92 Å². The lowest BCUT2D eigenvalue weighted by molar-refractivity contribution is -0.883. The minimum Gasteiger partial charge on any atom is -0.284 e. The van der Waals surface area contributed by atoms with Gasteiger partial charge in [-0.1, -0.05) is 26.0 Å². The number of nitrogens with zero attached hydrogens (tertiary/aromatic N) is 2. The average molecular weight is 259 g/mol. The van der Waals surface area contributed by atoms with Crippen LogP contribution in [0.5, 0.6) is 0 Å². The molecule has 18 heavy (non-hydrogen) atoms. The Balaban J connectivity index is 2.29. The minimum atomic E-state index is 0.595. The van der Waals surface area contributed by atoms with Gasteiger partial charge >= 0.3 is 0 Å². The fraction of sp³-hybridized carbons (Fsp3) is 0.286. The molecule has 3 nitrogen and oxygen atoms in total. The number of rotatable bonds is 2. The van der Waals surface area contributed by atoms with Gasteiger partial charge in [-0.3, -0.25) is 5.21 Å². The fourth-order valence-corrected chi connectivity index (χ4v) is 3.43. The van der Waals surface area contributed by atoms with Gasteiger partial charge in [0, 0.05) is 17.2 Å². The van der Waals surface area contributed by atoms with Gasteiger partial charge in [0.25, 0.3) is 5.52 Å². The van der Waals surface area contributed by atoms with Gasteiger partial charge in [-0.05, 0) is 12.0 Å². The van der Waals surface area contributed by atoms with Crippen LogP contribution in [0.25, 0.3) is 21.1 Å². The first kappa shape index (κ1) is 11.4. The Morgan fingerprint density at radius 2 is 2.11 bits per heavy atom. The molecular formula is C14H15N2OS+. The van der Waals surface area contributed by atoms with E-state index < -0.39 is 0 Å². The molecule has 2 heterocycles. The van der Waals surface area contributed by atoms with Crippen molar-refractivity contribution in [1.82, 2.24) is 4.98 Å². The maximum Gasteiger partial charge on any atom is 0.266 e. The van der Waals surface area contributed by atoms with Gasteiger partial charge < -0.3 is 0 Å². The number of para-hydroxylation sites is 1. The summed E-state index contributed by atoms with van der Waals surface area (Å²) in [4.78, 5) is 4.60. The van der Waals surface area contributed by atoms with Crippen LogP contribution in [0.2, 0.25) is 0 Å². The Hall–Kier alpha value is -1.68. The van der Waals surface area contributed by atoms with Gasteiger partial charge in [-0.2, -0.15) is 0 Å². The van der Waals surface area contributed by atoms with Crippen molar-refractivity contribution < 1.29 is 9.94 Å². The lowest BCUT2D eigenvalue weighted by Crippen LogP contribution is -2.30. The van der Waals surface area contributed by atoms with Crippen LogP contribution in [0.15, 0.2) is 30.5 Å². The first-order valence-corrected chi connectivity index (χ1v) is 6.89. The van der Waals surface area contributed by atoms with Crippen molar-refractivity contribution in [3.63, 3.8) is 0 Å². The van der Waals surface area contributed by atoms with Crippen LogP contribution in [0.1, 0.15) is 18.9 Å². The number of hydrogen-bond acceptors (Lipinski definition) is 3. The molecule has 0 unspecified atom stereocenters. The van der Waals surface area contributed by atoms with E-state index >= 15 is 0 Å². The van der Waals surface area contributed by atoms with Crippen LogP contribution >= 0.6 is 11.3 Å². The molecule has 3 aromatic rings. The normalized spacial score (nSPS) is 11.7. The Labute approximate surface area is 109 Å². The molecule has 0 fully saturated rings. The summed E-state index contributed by atoms with van der Waals surface area (Å²) in [6.07, 6.45) is 2.68. The van der Waals surface area contributed by atoms with Crippen LogP contribution in [0.4, 0.5) is 0 Å². The van der Waals surface area contributed by atoms with Gasteiger partial charge in [0.2, 0.25) is 6.20 Å². The molecule has 0 saturated carbocycles. The van der Waals surface area contributed by atoms with E-state index in [1.165, 1.54) is 0 Å². The molecule has 4 heteroatoms. The molecule has 2 aromatic heterocycles. The lowest BCUT2D eigenvalue weighted by atomic mass is 10.1. The van der Waals surface area contributed by atoms with E-state index in [0.717, 1.165) is 37.3 Å². The number of benzene rings is 1. The third-order valence-electron chi connectivity index (χ3n) is 2.92. The molecule has 0 atom stereocenters. The molecule has 0 bridgehead atoms. The third-order valence-corrected chi connectivity index (χ3v) is 4.05. The summed E-state index contributed by atoms with van der Waals surface area (Å²) >= 11 is 1.73. The Morgan fingerprint density at radius 1 is 1.33 bits per heavy atom. The average Bonchev–Trinajstić information content (AvgIpc) is 2.71. The van der Waals surface area contributed by atoms with E-state index in [4.69, 9.17) is 0 Å². The predicted molar refractivity (Wildman–Crippen MR) is 73.0 cm³/mol. The van der Waals surface area contributed by atoms with Gasteiger partial charge in [0.15, 0.2) is 5.52 Å². The largest absolute Gasteiger partial charge is 0.284 e. The monoisotopic (exact) mass is 259 g/mol.